The zero-order chi connectivity index (χ0) is 24.7. The fourth-order valence-electron chi connectivity index (χ4n) is 3.55. The van der Waals surface area contributed by atoms with Crippen molar-refractivity contribution in [2.45, 2.75) is 56.5 Å². The highest BCUT2D eigenvalue weighted by atomic mass is 32.1. The van der Waals surface area contributed by atoms with Gasteiger partial charge in [0.2, 0.25) is 17.7 Å². The summed E-state index contributed by atoms with van der Waals surface area (Å²) >= 11 is 3.98. The van der Waals surface area contributed by atoms with Gasteiger partial charge in [-0.25, -0.2) is 4.79 Å². The standard InChI is InChI=1S/C21H30N4O7S/c1-11(26)17(20(30)25-8-2-3-16(25)21(31)32)24-19(29)15(23-18(28)14(22)10-33)9-12-4-6-13(27)7-5-12/h4-7,11,14-17,26-27,33H,2-3,8-10,22H2,1H3,(H,23,28)(H,24,29)(H,31,32). The van der Waals surface area contributed by atoms with Crippen LogP contribution in [0, 0.1) is 0 Å². The molecule has 33 heavy (non-hydrogen) atoms. The molecule has 1 heterocycles. The van der Waals surface area contributed by atoms with Gasteiger partial charge in [-0.3, -0.25) is 14.4 Å². The molecule has 2 rings (SSSR count). The normalized spacial score (nSPS) is 19.3. The molecule has 1 aromatic rings. The summed E-state index contributed by atoms with van der Waals surface area (Å²) in [6, 6.07) is 1.42. The quantitative estimate of drug-likeness (QED) is 0.199. The third kappa shape index (κ3) is 7.07. The van der Waals surface area contributed by atoms with Crippen molar-refractivity contribution in [2.24, 2.45) is 5.73 Å². The Morgan fingerprint density at radius 1 is 1.18 bits per heavy atom. The molecule has 182 valence electrons. The van der Waals surface area contributed by atoms with E-state index in [0.717, 1.165) is 4.90 Å². The van der Waals surface area contributed by atoms with Gasteiger partial charge in [-0.05, 0) is 37.5 Å². The van der Waals surface area contributed by atoms with E-state index in [1.54, 1.807) is 12.1 Å². The largest absolute Gasteiger partial charge is 0.508 e. The molecule has 0 aromatic heterocycles. The van der Waals surface area contributed by atoms with Gasteiger partial charge in [0.05, 0.1) is 12.1 Å². The number of phenols is 1. The maximum Gasteiger partial charge on any atom is 0.326 e. The van der Waals surface area contributed by atoms with Crippen LogP contribution in [0.5, 0.6) is 5.75 Å². The number of carbonyl (C=O) groups excluding carboxylic acids is 3. The molecular formula is C21H30N4O7S. The Kier molecular flexibility index (Phi) is 9.50. The Bertz CT molecular complexity index is 865. The van der Waals surface area contributed by atoms with Crippen LogP contribution in [-0.2, 0) is 25.6 Å². The lowest BCUT2D eigenvalue weighted by Gasteiger charge is -2.30. The van der Waals surface area contributed by atoms with Crippen LogP contribution in [0.25, 0.3) is 0 Å². The van der Waals surface area contributed by atoms with Crippen LogP contribution >= 0.6 is 12.6 Å². The van der Waals surface area contributed by atoms with Crippen LogP contribution in [0.4, 0.5) is 0 Å². The van der Waals surface area contributed by atoms with Crippen molar-refractivity contribution >= 4 is 36.3 Å². The number of nitrogens with two attached hydrogens (primary N) is 1. The smallest absolute Gasteiger partial charge is 0.326 e. The predicted molar refractivity (Wildman–Crippen MR) is 122 cm³/mol. The van der Waals surface area contributed by atoms with Gasteiger partial charge in [-0.15, -0.1) is 0 Å². The number of benzene rings is 1. The van der Waals surface area contributed by atoms with Crippen LogP contribution in [0.2, 0.25) is 0 Å². The topological polar surface area (TPSA) is 182 Å². The van der Waals surface area contributed by atoms with E-state index >= 15 is 0 Å². The SMILES string of the molecule is CC(O)C(NC(=O)C(Cc1ccc(O)cc1)NC(=O)C(N)CS)C(=O)N1CCCC1C(=O)O. The van der Waals surface area contributed by atoms with Crippen LogP contribution in [-0.4, -0.2) is 86.5 Å². The number of aromatic hydroxyl groups is 1. The van der Waals surface area contributed by atoms with Gasteiger partial charge < -0.3 is 36.6 Å². The molecule has 1 aliphatic heterocycles. The van der Waals surface area contributed by atoms with E-state index < -0.39 is 54.0 Å². The second kappa shape index (κ2) is 11.9. The van der Waals surface area contributed by atoms with E-state index in [-0.39, 0.29) is 30.9 Å². The Morgan fingerprint density at radius 2 is 1.82 bits per heavy atom. The molecule has 5 unspecified atom stereocenters. The van der Waals surface area contributed by atoms with Crippen LogP contribution in [0.1, 0.15) is 25.3 Å². The molecule has 0 saturated carbocycles. The van der Waals surface area contributed by atoms with Gasteiger partial charge in [-0.1, -0.05) is 12.1 Å². The molecule has 3 amide bonds. The summed E-state index contributed by atoms with van der Waals surface area (Å²) < 4.78 is 0. The average Bonchev–Trinajstić information content (AvgIpc) is 3.27. The molecule has 11 nitrogen and oxygen atoms in total. The van der Waals surface area contributed by atoms with E-state index in [2.05, 4.69) is 23.3 Å². The number of phenolic OH excluding ortho intramolecular Hbond substituents is 1. The summed E-state index contributed by atoms with van der Waals surface area (Å²) in [5.74, 6) is -3.19. The predicted octanol–water partition coefficient (Wildman–Crippen LogP) is -1.38. The van der Waals surface area contributed by atoms with Crippen molar-refractivity contribution in [1.29, 1.82) is 0 Å². The first kappa shape index (κ1) is 26.4. The number of aliphatic carboxylic acids is 1. The second-order valence-corrected chi connectivity index (χ2v) is 8.34. The molecule has 1 aromatic carbocycles. The molecule has 12 heteroatoms. The number of nitrogens with one attached hydrogen (secondary N) is 2. The zero-order valence-electron chi connectivity index (χ0n) is 18.2. The van der Waals surface area contributed by atoms with Crippen LogP contribution in [0.3, 0.4) is 0 Å². The van der Waals surface area contributed by atoms with Crippen LogP contribution < -0.4 is 16.4 Å². The number of hydrogen-bond donors (Lipinski definition) is 7. The molecular weight excluding hydrogens is 452 g/mol. The number of carbonyl (C=O) groups is 4. The van der Waals surface area contributed by atoms with E-state index in [1.807, 2.05) is 0 Å². The molecule has 0 spiro atoms. The fraction of sp³-hybridized carbons (Fsp3) is 0.524. The molecule has 1 fully saturated rings. The number of carboxylic acid groups (broad SMARTS) is 1. The van der Waals surface area contributed by atoms with Crippen molar-refractivity contribution in [3.8, 4) is 5.75 Å². The number of rotatable bonds is 10. The van der Waals surface area contributed by atoms with Crippen molar-refractivity contribution in [3.05, 3.63) is 29.8 Å². The lowest BCUT2D eigenvalue weighted by atomic mass is 10.0. The molecule has 0 radical (unpaired) electrons. The highest BCUT2D eigenvalue weighted by Crippen LogP contribution is 2.19. The molecule has 1 saturated heterocycles. The minimum Gasteiger partial charge on any atom is -0.508 e. The van der Waals surface area contributed by atoms with Gasteiger partial charge >= 0.3 is 5.97 Å². The zero-order valence-corrected chi connectivity index (χ0v) is 19.1. The molecule has 0 bridgehead atoms. The molecule has 0 aliphatic carbocycles. The maximum absolute atomic E-state index is 13.1. The minimum absolute atomic E-state index is 0.0132. The second-order valence-electron chi connectivity index (χ2n) is 7.98. The summed E-state index contributed by atoms with van der Waals surface area (Å²) in [5.41, 5.74) is 6.30. The first-order valence-corrected chi connectivity index (χ1v) is 11.1. The fourth-order valence-corrected chi connectivity index (χ4v) is 3.71. The van der Waals surface area contributed by atoms with E-state index in [0.29, 0.717) is 12.0 Å². The number of nitrogens with zero attached hydrogens (tertiary/aromatic N) is 1. The summed E-state index contributed by atoms with van der Waals surface area (Å²) in [5, 5.41) is 34.0. The van der Waals surface area contributed by atoms with E-state index in [1.165, 1.54) is 19.1 Å². The lowest BCUT2D eigenvalue weighted by Crippen LogP contribution is -2.60. The number of hydrogen-bond acceptors (Lipinski definition) is 8. The first-order valence-electron chi connectivity index (χ1n) is 10.5. The number of aliphatic hydroxyl groups excluding tert-OH is 1. The Balaban J connectivity index is 2.22. The minimum atomic E-state index is -1.41. The van der Waals surface area contributed by atoms with Gasteiger partial charge in [0.15, 0.2) is 0 Å². The lowest BCUT2D eigenvalue weighted by molar-refractivity contribution is -0.150. The number of likely N-dealkylation sites (tertiary alicyclic amines) is 1. The Labute approximate surface area is 196 Å². The molecule has 5 atom stereocenters. The number of thiol groups is 1. The van der Waals surface area contributed by atoms with Gasteiger partial charge in [0.1, 0.15) is 23.9 Å². The van der Waals surface area contributed by atoms with Crippen molar-refractivity contribution < 1.29 is 34.5 Å². The summed E-state index contributed by atoms with van der Waals surface area (Å²) in [6.07, 6.45) is -0.534. The maximum atomic E-state index is 13.1. The van der Waals surface area contributed by atoms with E-state index in [9.17, 15) is 34.5 Å². The van der Waals surface area contributed by atoms with Crippen LogP contribution in [0.15, 0.2) is 24.3 Å². The van der Waals surface area contributed by atoms with Gasteiger partial charge in [-0.2, -0.15) is 12.6 Å². The Morgan fingerprint density at radius 3 is 2.36 bits per heavy atom. The highest BCUT2D eigenvalue weighted by molar-refractivity contribution is 7.80. The van der Waals surface area contributed by atoms with Crippen molar-refractivity contribution in [3.63, 3.8) is 0 Å². The van der Waals surface area contributed by atoms with E-state index in [4.69, 9.17) is 5.73 Å². The number of amides is 3. The summed E-state index contributed by atoms with van der Waals surface area (Å²) in [6.45, 7) is 1.50. The third-order valence-corrected chi connectivity index (χ3v) is 5.80. The van der Waals surface area contributed by atoms with Crippen molar-refractivity contribution in [2.75, 3.05) is 12.3 Å². The number of aliphatic hydroxyl groups is 1. The highest BCUT2D eigenvalue weighted by Gasteiger charge is 2.40. The summed E-state index contributed by atoms with van der Waals surface area (Å²) in [4.78, 5) is 51.0. The third-order valence-electron chi connectivity index (χ3n) is 5.41. The first-order chi connectivity index (χ1) is 15.5. The monoisotopic (exact) mass is 482 g/mol. The Hall–Kier alpha value is -2.83. The number of carboxylic acids is 1. The van der Waals surface area contributed by atoms with Gasteiger partial charge in [0, 0.05) is 18.7 Å². The van der Waals surface area contributed by atoms with Crippen molar-refractivity contribution in [1.82, 2.24) is 15.5 Å². The molecule has 7 N–H and O–H groups in total. The average molecular weight is 483 g/mol. The summed E-state index contributed by atoms with van der Waals surface area (Å²) in [7, 11) is 0. The molecule has 1 aliphatic rings. The van der Waals surface area contributed by atoms with Gasteiger partial charge in [0.25, 0.3) is 0 Å².